The Hall–Kier alpha value is -1.45. The zero-order valence-electron chi connectivity index (χ0n) is 17.6. The smallest absolute Gasteiger partial charge is 0.217 e. The van der Waals surface area contributed by atoms with E-state index in [-0.39, 0.29) is 41.4 Å². The van der Waals surface area contributed by atoms with Crippen molar-refractivity contribution in [2.75, 3.05) is 26.2 Å². The number of carbonyl (C=O) groups excluding carboxylic acids is 1. The minimum absolute atomic E-state index is 0. The van der Waals surface area contributed by atoms with Crippen LogP contribution >= 0.6 is 24.0 Å². The van der Waals surface area contributed by atoms with E-state index >= 15 is 0 Å². The number of rotatable bonds is 6. The van der Waals surface area contributed by atoms with Gasteiger partial charge in [-0.3, -0.25) is 9.79 Å². The standard InChI is InChI=1S/C22H32F2N4O.HI/c1-2-26-21(28-12-6-7-16(14-28)13-19(25)29)27-15-22(10-3-4-11-22)20-17(23)8-5-9-18(20)24;/h5,8-9,16H,2-4,6-7,10-15H2,1H3,(H2,25,29)(H,26,27);1H. The lowest BCUT2D eigenvalue weighted by Gasteiger charge is -2.36. The van der Waals surface area contributed by atoms with Gasteiger partial charge in [0.05, 0.1) is 6.54 Å². The summed E-state index contributed by atoms with van der Waals surface area (Å²) >= 11 is 0. The molecule has 0 bridgehead atoms. The van der Waals surface area contributed by atoms with Crippen molar-refractivity contribution >= 4 is 35.8 Å². The van der Waals surface area contributed by atoms with Gasteiger partial charge in [-0.15, -0.1) is 24.0 Å². The normalized spacial score (nSPS) is 21.2. The Morgan fingerprint density at radius 3 is 2.53 bits per heavy atom. The first-order chi connectivity index (χ1) is 13.9. The van der Waals surface area contributed by atoms with Crippen LogP contribution in [0.5, 0.6) is 0 Å². The summed E-state index contributed by atoms with van der Waals surface area (Å²) < 4.78 is 29.2. The number of aliphatic imine (C=N–C) groups is 1. The number of guanidine groups is 1. The van der Waals surface area contributed by atoms with E-state index < -0.39 is 17.0 Å². The van der Waals surface area contributed by atoms with Crippen molar-refractivity contribution in [1.29, 1.82) is 0 Å². The summed E-state index contributed by atoms with van der Waals surface area (Å²) in [6.07, 6.45) is 5.68. The van der Waals surface area contributed by atoms with E-state index in [9.17, 15) is 13.6 Å². The Kier molecular flexibility index (Phi) is 9.31. The highest BCUT2D eigenvalue weighted by Gasteiger charge is 2.40. The van der Waals surface area contributed by atoms with Gasteiger partial charge in [-0.2, -0.15) is 0 Å². The minimum atomic E-state index is -0.599. The first kappa shape index (κ1) is 24.8. The van der Waals surface area contributed by atoms with Gasteiger partial charge < -0.3 is 16.0 Å². The lowest BCUT2D eigenvalue weighted by atomic mass is 9.78. The molecule has 1 unspecified atom stereocenters. The fourth-order valence-electron chi connectivity index (χ4n) is 4.90. The fraction of sp³-hybridized carbons (Fsp3) is 0.636. The van der Waals surface area contributed by atoms with Crippen LogP contribution in [0, 0.1) is 17.6 Å². The van der Waals surface area contributed by atoms with Crippen LogP contribution in [-0.4, -0.2) is 42.9 Å². The highest BCUT2D eigenvalue weighted by molar-refractivity contribution is 14.0. The van der Waals surface area contributed by atoms with Crippen molar-refractivity contribution in [3.63, 3.8) is 0 Å². The summed E-state index contributed by atoms with van der Waals surface area (Å²) in [5, 5.41) is 3.32. The van der Waals surface area contributed by atoms with Crippen molar-refractivity contribution in [3.8, 4) is 0 Å². The quantitative estimate of drug-likeness (QED) is 0.330. The number of nitrogens with zero attached hydrogens (tertiary/aromatic N) is 2. The predicted octanol–water partition coefficient (Wildman–Crippen LogP) is 3.95. The average Bonchev–Trinajstić information content (AvgIpc) is 3.14. The monoisotopic (exact) mass is 534 g/mol. The molecule has 2 fully saturated rings. The average molecular weight is 534 g/mol. The van der Waals surface area contributed by atoms with Crippen LogP contribution in [0.1, 0.15) is 57.4 Å². The van der Waals surface area contributed by atoms with Gasteiger partial charge in [0.15, 0.2) is 5.96 Å². The summed E-state index contributed by atoms with van der Waals surface area (Å²) in [4.78, 5) is 18.3. The van der Waals surface area contributed by atoms with E-state index in [2.05, 4.69) is 10.2 Å². The van der Waals surface area contributed by atoms with E-state index in [1.54, 1.807) is 0 Å². The number of amides is 1. The number of likely N-dealkylation sites (tertiary alicyclic amines) is 1. The van der Waals surface area contributed by atoms with Gasteiger partial charge in [-0.05, 0) is 50.7 Å². The van der Waals surface area contributed by atoms with E-state index in [0.717, 1.165) is 57.6 Å². The molecule has 1 atom stereocenters. The van der Waals surface area contributed by atoms with E-state index in [4.69, 9.17) is 10.7 Å². The van der Waals surface area contributed by atoms with E-state index in [1.165, 1.54) is 18.2 Å². The minimum Gasteiger partial charge on any atom is -0.370 e. The second kappa shape index (κ2) is 11.2. The van der Waals surface area contributed by atoms with Crippen molar-refractivity contribution < 1.29 is 13.6 Å². The van der Waals surface area contributed by atoms with Crippen molar-refractivity contribution in [1.82, 2.24) is 10.2 Å². The molecule has 168 valence electrons. The van der Waals surface area contributed by atoms with Gasteiger partial charge in [0.2, 0.25) is 5.91 Å². The van der Waals surface area contributed by atoms with Crippen LogP contribution < -0.4 is 11.1 Å². The summed E-state index contributed by atoms with van der Waals surface area (Å²) in [5.41, 5.74) is 4.96. The zero-order chi connectivity index (χ0) is 20.9. The number of nitrogens with two attached hydrogens (primary N) is 1. The number of halogens is 3. The van der Waals surface area contributed by atoms with E-state index in [1.807, 2.05) is 6.92 Å². The third-order valence-electron chi connectivity index (χ3n) is 6.23. The number of primary amides is 1. The third kappa shape index (κ3) is 5.82. The number of hydrogen-bond donors (Lipinski definition) is 2. The van der Waals surface area contributed by atoms with Gasteiger partial charge in [0.25, 0.3) is 0 Å². The lowest BCUT2D eigenvalue weighted by Crippen LogP contribution is -2.47. The maximum absolute atomic E-state index is 14.6. The Morgan fingerprint density at radius 1 is 1.27 bits per heavy atom. The predicted molar refractivity (Wildman–Crippen MR) is 126 cm³/mol. The Labute approximate surface area is 194 Å². The Morgan fingerprint density at radius 2 is 1.93 bits per heavy atom. The van der Waals surface area contributed by atoms with Gasteiger partial charge >= 0.3 is 0 Å². The van der Waals surface area contributed by atoms with E-state index in [0.29, 0.717) is 19.5 Å². The number of hydrogen-bond acceptors (Lipinski definition) is 2. The lowest BCUT2D eigenvalue weighted by molar-refractivity contribution is -0.119. The number of nitrogens with one attached hydrogen (secondary N) is 1. The molecular weight excluding hydrogens is 501 g/mol. The summed E-state index contributed by atoms with van der Waals surface area (Å²) in [5.74, 6) is -0.267. The van der Waals surface area contributed by atoms with Gasteiger partial charge in [-0.1, -0.05) is 18.9 Å². The van der Waals surface area contributed by atoms with Crippen LogP contribution in [0.25, 0.3) is 0 Å². The maximum Gasteiger partial charge on any atom is 0.217 e. The molecule has 5 nitrogen and oxygen atoms in total. The first-order valence-electron chi connectivity index (χ1n) is 10.7. The summed E-state index contributed by atoms with van der Waals surface area (Å²) in [6.45, 7) is 4.63. The molecule has 1 aromatic carbocycles. The molecule has 0 aromatic heterocycles. The Bertz CT molecular complexity index is 732. The largest absolute Gasteiger partial charge is 0.370 e. The molecule has 3 N–H and O–H groups in total. The van der Waals surface area contributed by atoms with Crippen LogP contribution in [-0.2, 0) is 10.2 Å². The van der Waals surface area contributed by atoms with Gasteiger partial charge in [-0.25, -0.2) is 8.78 Å². The topological polar surface area (TPSA) is 70.7 Å². The van der Waals surface area contributed by atoms with Crippen LogP contribution in [0.15, 0.2) is 23.2 Å². The van der Waals surface area contributed by atoms with Gasteiger partial charge in [0.1, 0.15) is 11.6 Å². The number of carbonyl (C=O) groups is 1. The SMILES string of the molecule is CCNC(=NCC1(c2c(F)cccc2F)CCCC1)N1CCCC(CC(N)=O)C1.I. The van der Waals surface area contributed by atoms with Crippen LogP contribution in [0.2, 0.25) is 0 Å². The molecule has 3 rings (SSSR count). The fourth-order valence-corrected chi connectivity index (χ4v) is 4.90. The molecule has 1 aromatic rings. The molecule has 8 heteroatoms. The van der Waals surface area contributed by atoms with Crippen LogP contribution in [0.3, 0.4) is 0 Å². The first-order valence-corrected chi connectivity index (χ1v) is 10.7. The second-order valence-corrected chi connectivity index (χ2v) is 8.38. The number of piperidine rings is 1. The molecule has 1 aliphatic carbocycles. The van der Waals surface area contributed by atoms with Crippen molar-refractivity contribution in [3.05, 3.63) is 35.4 Å². The maximum atomic E-state index is 14.6. The molecule has 30 heavy (non-hydrogen) atoms. The molecular formula is C22H33F2IN4O. The summed E-state index contributed by atoms with van der Waals surface area (Å²) in [7, 11) is 0. The van der Waals surface area contributed by atoms with Crippen molar-refractivity contribution in [2.45, 2.75) is 57.3 Å². The van der Waals surface area contributed by atoms with Crippen molar-refractivity contribution in [2.24, 2.45) is 16.6 Å². The third-order valence-corrected chi connectivity index (χ3v) is 6.23. The van der Waals surface area contributed by atoms with Gasteiger partial charge in [0, 0.05) is 37.0 Å². The molecule has 0 radical (unpaired) electrons. The molecule has 1 heterocycles. The Balaban J connectivity index is 0.00000320. The highest BCUT2D eigenvalue weighted by atomic mass is 127. The molecule has 0 spiro atoms. The van der Waals surface area contributed by atoms with Crippen LogP contribution in [0.4, 0.5) is 8.78 Å². The molecule has 1 saturated carbocycles. The molecule has 1 amide bonds. The molecule has 1 saturated heterocycles. The highest BCUT2D eigenvalue weighted by Crippen LogP contribution is 2.43. The molecule has 1 aliphatic heterocycles. The zero-order valence-corrected chi connectivity index (χ0v) is 20.0. The number of benzene rings is 1. The summed E-state index contributed by atoms with van der Waals surface area (Å²) in [6, 6.07) is 4.09. The second-order valence-electron chi connectivity index (χ2n) is 8.38. The molecule has 2 aliphatic rings.